The molecule has 1 saturated heterocycles. The lowest BCUT2D eigenvalue weighted by Gasteiger charge is -2.51. The molecule has 1 saturated carbocycles. The van der Waals surface area contributed by atoms with E-state index in [1.165, 1.54) is 37.7 Å². The van der Waals surface area contributed by atoms with Crippen molar-refractivity contribution in [1.29, 1.82) is 0 Å². The molecule has 1 aliphatic carbocycles. The molecule has 3 heteroatoms. The number of hydrogen-bond acceptors (Lipinski definition) is 2. The minimum absolute atomic E-state index is 0.104. The summed E-state index contributed by atoms with van der Waals surface area (Å²) >= 11 is 0. The molecule has 2 aliphatic rings. The second-order valence-electron chi connectivity index (χ2n) is 7.16. The predicted molar refractivity (Wildman–Crippen MR) is 99.7 cm³/mol. The van der Waals surface area contributed by atoms with E-state index in [1.54, 1.807) is 7.11 Å². The second kappa shape index (κ2) is 6.91. The van der Waals surface area contributed by atoms with E-state index in [-0.39, 0.29) is 17.9 Å². The fourth-order valence-corrected chi connectivity index (χ4v) is 4.57. The molecule has 4 rings (SSSR count). The maximum absolute atomic E-state index is 13.2. The molecule has 2 atom stereocenters. The van der Waals surface area contributed by atoms with Crippen molar-refractivity contribution < 1.29 is 9.53 Å². The number of para-hydroxylation sites is 2. The van der Waals surface area contributed by atoms with Gasteiger partial charge in [0.25, 0.3) is 0 Å². The predicted octanol–water partition coefficient (Wildman–Crippen LogP) is 4.98. The molecular formula is C22H25NO2. The van der Waals surface area contributed by atoms with Crippen molar-refractivity contribution in [2.24, 2.45) is 11.8 Å². The minimum Gasteiger partial charge on any atom is -0.495 e. The van der Waals surface area contributed by atoms with Crippen LogP contribution in [0.5, 0.6) is 5.75 Å². The Kier molecular flexibility index (Phi) is 4.48. The van der Waals surface area contributed by atoms with Crippen LogP contribution in [0.15, 0.2) is 54.6 Å². The number of amides is 1. The molecule has 0 aromatic heterocycles. The summed E-state index contributed by atoms with van der Waals surface area (Å²) in [5, 5.41) is 0. The van der Waals surface area contributed by atoms with Gasteiger partial charge in [0.15, 0.2) is 0 Å². The second-order valence-corrected chi connectivity index (χ2v) is 7.16. The summed E-state index contributed by atoms with van der Waals surface area (Å²) in [5.41, 5.74) is 2.11. The molecule has 0 spiro atoms. The monoisotopic (exact) mass is 335 g/mol. The van der Waals surface area contributed by atoms with Crippen LogP contribution < -0.4 is 9.64 Å². The first-order valence-corrected chi connectivity index (χ1v) is 9.32. The topological polar surface area (TPSA) is 29.5 Å². The number of carbonyl (C=O) groups is 1. The number of β-lactam (4-membered cyclic amide) rings is 1. The fourth-order valence-electron chi connectivity index (χ4n) is 4.57. The first-order valence-electron chi connectivity index (χ1n) is 9.32. The Morgan fingerprint density at radius 2 is 1.60 bits per heavy atom. The lowest BCUT2D eigenvalue weighted by molar-refractivity contribution is -0.133. The van der Waals surface area contributed by atoms with E-state index in [9.17, 15) is 4.79 Å². The first-order chi connectivity index (χ1) is 12.3. The molecule has 1 heterocycles. The number of methoxy groups -OCH3 is 1. The van der Waals surface area contributed by atoms with Gasteiger partial charge >= 0.3 is 0 Å². The highest BCUT2D eigenvalue weighted by Gasteiger charge is 2.52. The molecule has 0 bridgehead atoms. The zero-order valence-corrected chi connectivity index (χ0v) is 14.7. The van der Waals surface area contributed by atoms with Crippen LogP contribution in [0.2, 0.25) is 0 Å². The average molecular weight is 335 g/mol. The molecule has 0 radical (unpaired) electrons. The molecule has 1 aliphatic heterocycles. The van der Waals surface area contributed by atoms with Gasteiger partial charge in [-0.2, -0.15) is 0 Å². The van der Waals surface area contributed by atoms with Crippen molar-refractivity contribution >= 4 is 11.6 Å². The van der Waals surface area contributed by atoms with E-state index >= 15 is 0 Å². The number of ether oxygens (including phenoxy) is 1. The number of anilines is 1. The van der Waals surface area contributed by atoms with Gasteiger partial charge < -0.3 is 9.64 Å². The van der Waals surface area contributed by atoms with Gasteiger partial charge in [-0.1, -0.05) is 61.7 Å². The highest BCUT2D eigenvalue weighted by molar-refractivity contribution is 6.04. The van der Waals surface area contributed by atoms with Crippen LogP contribution in [0.4, 0.5) is 5.69 Å². The minimum atomic E-state index is 0.104. The van der Waals surface area contributed by atoms with Gasteiger partial charge in [-0.25, -0.2) is 0 Å². The molecule has 2 fully saturated rings. The lowest BCUT2D eigenvalue weighted by Crippen LogP contribution is -2.58. The van der Waals surface area contributed by atoms with Crippen LogP contribution in [0.3, 0.4) is 0 Å². The Labute approximate surface area is 149 Å². The Balaban J connectivity index is 1.72. The number of carbonyl (C=O) groups excluding carboxylic acids is 1. The van der Waals surface area contributed by atoms with E-state index in [2.05, 4.69) is 24.3 Å². The molecule has 130 valence electrons. The summed E-state index contributed by atoms with van der Waals surface area (Å²) in [4.78, 5) is 15.1. The largest absolute Gasteiger partial charge is 0.495 e. The maximum atomic E-state index is 13.2. The summed E-state index contributed by atoms with van der Waals surface area (Å²) in [7, 11) is 1.67. The van der Waals surface area contributed by atoms with Crippen molar-refractivity contribution in [1.82, 2.24) is 0 Å². The van der Waals surface area contributed by atoms with Gasteiger partial charge in [0.1, 0.15) is 5.75 Å². The third-order valence-electron chi connectivity index (χ3n) is 5.78. The van der Waals surface area contributed by atoms with Gasteiger partial charge in [0.2, 0.25) is 5.91 Å². The van der Waals surface area contributed by atoms with Crippen molar-refractivity contribution in [2.45, 2.75) is 38.1 Å². The van der Waals surface area contributed by atoms with Gasteiger partial charge in [-0.3, -0.25) is 4.79 Å². The lowest BCUT2D eigenvalue weighted by atomic mass is 9.69. The van der Waals surface area contributed by atoms with Gasteiger partial charge in [-0.15, -0.1) is 0 Å². The van der Waals surface area contributed by atoms with Crippen LogP contribution in [0, 0.1) is 11.8 Å². The molecule has 25 heavy (non-hydrogen) atoms. The average Bonchev–Trinajstić information content (AvgIpc) is 2.68. The summed E-state index contributed by atoms with van der Waals surface area (Å²) in [6, 6.07) is 18.4. The summed E-state index contributed by atoms with van der Waals surface area (Å²) in [6.45, 7) is 0. The Bertz CT molecular complexity index is 737. The quantitative estimate of drug-likeness (QED) is 0.738. The van der Waals surface area contributed by atoms with Gasteiger partial charge in [-0.05, 0) is 36.5 Å². The van der Waals surface area contributed by atoms with E-state index in [0.29, 0.717) is 5.92 Å². The number of benzene rings is 2. The van der Waals surface area contributed by atoms with E-state index in [1.807, 2.05) is 35.2 Å². The molecular weight excluding hydrogens is 310 g/mol. The Morgan fingerprint density at radius 3 is 2.32 bits per heavy atom. The molecule has 1 unspecified atom stereocenters. The van der Waals surface area contributed by atoms with Gasteiger partial charge in [0.05, 0.1) is 24.8 Å². The zero-order valence-electron chi connectivity index (χ0n) is 14.7. The van der Waals surface area contributed by atoms with Crippen molar-refractivity contribution in [2.75, 3.05) is 12.0 Å². The molecule has 0 N–H and O–H groups in total. The smallest absolute Gasteiger partial charge is 0.233 e. The summed E-state index contributed by atoms with van der Waals surface area (Å²) in [6.07, 6.45) is 6.18. The van der Waals surface area contributed by atoms with Crippen molar-refractivity contribution in [3.63, 3.8) is 0 Å². The molecule has 2 aromatic carbocycles. The Hall–Kier alpha value is -2.29. The number of hydrogen-bond donors (Lipinski definition) is 0. The third-order valence-corrected chi connectivity index (χ3v) is 5.78. The van der Waals surface area contributed by atoms with Crippen molar-refractivity contribution in [3.8, 4) is 5.75 Å². The normalized spacial score (nSPS) is 24.0. The molecule has 1 amide bonds. The third kappa shape index (κ3) is 2.82. The van der Waals surface area contributed by atoms with E-state index < -0.39 is 0 Å². The zero-order chi connectivity index (χ0) is 17.2. The standard InChI is InChI=1S/C22H25NO2/c1-25-19-15-9-8-14-18(19)23-21(17-12-6-3-7-13-17)20(22(23)24)16-10-4-2-5-11-16/h3,6-9,12-16,20-21H,2,4-5,10-11H2,1H3/t20-,21?/m0/s1. The van der Waals surface area contributed by atoms with Crippen LogP contribution in [0.1, 0.15) is 43.7 Å². The molecule has 3 nitrogen and oxygen atoms in total. The SMILES string of the molecule is COc1ccccc1N1C(=O)[C@@H](C2CCCCC2)C1c1ccccc1. The highest BCUT2D eigenvalue weighted by atomic mass is 16.5. The molecule has 2 aromatic rings. The Morgan fingerprint density at radius 1 is 0.920 bits per heavy atom. The fraction of sp³-hybridized carbons (Fsp3) is 0.409. The first kappa shape index (κ1) is 16.2. The summed E-state index contributed by atoms with van der Waals surface area (Å²) in [5.74, 6) is 1.63. The number of nitrogens with zero attached hydrogens (tertiary/aromatic N) is 1. The van der Waals surface area contributed by atoms with Crippen LogP contribution in [-0.2, 0) is 4.79 Å². The van der Waals surface area contributed by atoms with Crippen LogP contribution in [-0.4, -0.2) is 13.0 Å². The summed E-state index contributed by atoms with van der Waals surface area (Å²) < 4.78 is 5.52. The van der Waals surface area contributed by atoms with E-state index in [0.717, 1.165) is 11.4 Å². The highest BCUT2D eigenvalue weighted by Crippen LogP contribution is 2.51. The van der Waals surface area contributed by atoms with Crippen LogP contribution in [0.25, 0.3) is 0 Å². The van der Waals surface area contributed by atoms with Gasteiger partial charge in [0, 0.05) is 0 Å². The van der Waals surface area contributed by atoms with Crippen molar-refractivity contribution in [3.05, 3.63) is 60.2 Å². The number of rotatable bonds is 4. The van der Waals surface area contributed by atoms with Crippen LogP contribution >= 0.6 is 0 Å². The maximum Gasteiger partial charge on any atom is 0.233 e. The van der Waals surface area contributed by atoms with E-state index in [4.69, 9.17) is 4.74 Å².